The van der Waals surface area contributed by atoms with Crippen molar-refractivity contribution in [2.75, 3.05) is 0 Å². The van der Waals surface area contributed by atoms with E-state index in [1.54, 1.807) is 44.1 Å². The summed E-state index contributed by atoms with van der Waals surface area (Å²) in [5, 5.41) is 0. The SMILES string of the molecule is CC1=CC=C(C23CC4CC(CC(C4)C2)C3)CC1. The van der Waals surface area contributed by atoms with Gasteiger partial charge in [0.2, 0.25) is 0 Å². The Kier molecular flexibility index (Phi) is 2.14. The Hall–Kier alpha value is -0.520. The van der Waals surface area contributed by atoms with Crippen molar-refractivity contribution < 1.29 is 0 Å². The Bertz CT molecular complexity index is 361. The molecule has 0 nitrogen and oxygen atoms in total. The third kappa shape index (κ3) is 1.56. The van der Waals surface area contributed by atoms with Crippen LogP contribution in [0.15, 0.2) is 23.3 Å². The second-order valence-corrected chi connectivity index (χ2v) is 7.40. The molecule has 0 saturated heterocycles. The maximum absolute atomic E-state index is 2.51. The van der Waals surface area contributed by atoms with Crippen molar-refractivity contribution in [2.24, 2.45) is 23.2 Å². The Morgan fingerprint density at radius 3 is 1.94 bits per heavy atom. The summed E-state index contributed by atoms with van der Waals surface area (Å²) in [6.45, 7) is 2.28. The van der Waals surface area contributed by atoms with Gasteiger partial charge in [0.15, 0.2) is 0 Å². The van der Waals surface area contributed by atoms with Crippen molar-refractivity contribution in [3.63, 3.8) is 0 Å². The van der Waals surface area contributed by atoms with Crippen molar-refractivity contribution in [3.05, 3.63) is 23.3 Å². The Labute approximate surface area is 105 Å². The van der Waals surface area contributed by atoms with E-state index in [9.17, 15) is 0 Å². The normalized spacial score (nSPS) is 47.9. The van der Waals surface area contributed by atoms with E-state index >= 15 is 0 Å². The van der Waals surface area contributed by atoms with Gasteiger partial charge >= 0.3 is 0 Å². The predicted molar refractivity (Wildman–Crippen MR) is 71.7 cm³/mol. The average Bonchev–Trinajstić information content (AvgIpc) is 2.27. The molecule has 0 atom stereocenters. The van der Waals surface area contributed by atoms with Crippen LogP contribution in [0, 0.1) is 23.2 Å². The average molecular weight is 228 g/mol. The molecular formula is C17H24. The molecule has 4 fully saturated rings. The smallest absolute Gasteiger partial charge is 0.00769 e. The molecule has 0 unspecified atom stereocenters. The second kappa shape index (κ2) is 3.49. The topological polar surface area (TPSA) is 0 Å². The molecule has 5 aliphatic rings. The lowest BCUT2D eigenvalue weighted by atomic mass is 9.47. The predicted octanol–water partition coefficient (Wildman–Crippen LogP) is 4.87. The molecule has 0 aromatic heterocycles. The van der Waals surface area contributed by atoms with E-state index in [2.05, 4.69) is 19.1 Å². The van der Waals surface area contributed by atoms with Crippen LogP contribution in [0.1, 0.15) is 58.3 Å². The molecule has 4 saturated carbocycles. The van der Waals surface area contributed by atoms with Gasteiger partial charge in [-0.15, -0.1) is 0 Å². The number of hydrogen-bond donors (Lipinski definition) is 0. The molecule has 0 amide bonds. The Morgan fingerprint density at radius 2 is 1.47 bits per heavy atom. The summed E-state index contributed by atoms with van der Waals surface area (Å²) >= 11 is 0. The fourth-order valence-corrected chi connectivity index (χ4v) is 5.69. The first-order chi connectivity index (χ1) is 8.23. The quantitative estimate of drug-likeness (QED) is 0.600. The summed E-state index contributed by atoms with van der Waals surface area (Å²) in [7, 11) is 0. The van der Waals surface area contributed by atoms with E-state index in [-0.39, 0.29) is 0 Å². The van der Waals surface area contributed by atoms with Crippen LogP contribution in [0.4, 0.5) is 0 Å². The van der Waals surface area contributed by atoms with E-state index < -0.39 is 0 Å². The lowest BCUT2D eigenvalue weighted by molar-refractivity contribution is -0.0322. The summed E-state index contributed by atoms with van der Waals surface area (Å²) in [5.41, 5.74) is 4.09. The molecule has 0 aromatic rings. The van der Waals surface area contributed by atoms with Crippen LogP contribution >= 0.6 is 0 Å². The highest BCUT2D eigenvalue weighted by atomic mass is 14.6. The number of rotatable bonds is 1. The molecule has 0 heteroatoms. The molecule has 0 heterocycles. The molecule has 0 aliphatic heterocycles. The first-order valence-corrected chi connectivity index (χ1v) is 7.60. The van der Waals surface area contributed by atoms with Gasteiger partial charge in [-0.05, 0) is 81.5 Å². The van der Waals surface area contributed by atoms with Gasteiger partial charge < -0.3 is 0 Å². The highest BCUT2D eigenvalue weighted by molar-refractivity contribution is 5.30. The van der Waals surface area contributed by atoms with Crippen LogP contribution < -0.4 is 0 Å². The third-order valence-corrected chi connectivity index (χ3v) is 6.08. The van der Waals surface area contributed by atoms with Gasteiger partial charge in [-0.2, -0.15) is 0 Å². The van der Waals surface area contributed by atoms with Crippen molar-refractivity contribution in [1.82, 2.24) is 0 Å². The second-order valence-electron chi connectivity index (χ2n) is 7.40. The molecule has 0 aromatic carbocycles. The van der Waals surface area contributed by atoms with Gasteiger partial charge in [-0.1, -0.05) is 23.3 Å². The maximum Gasteiger partial charge on any atom is -0.00769 e. The van der Waals surface area contributed by atoms with Gasteiger partial charge in [-0.3, -0.25) is 0 Å². The van der Waals surface area contributed by atoms with Crippen molar-refractivity contribution >= 4 is 0 Å². The van der Waals surface area contributed by atoms with E-state index in [4.69, 9.17) is 0 Å². The van der Waals surface area contributed by atoms with Crippen LogP contribution in [0.25, 0.3) is 0 Å². The third-order valence-electron chi connectivity index (χ3n) is 6.08. The molecule has 5 rings (SSSR count). The minimum Gasteiger partial charge on any atom is -0.0730 e. The largest absolute Gasteiger partial charge is 0.0730 e. The molecule has 17 heavy (non-hydrogen) atoms. The molecule has 0 N–H and O–H groups in total. The number of hydrogen-bond acceptors (Lipinski definition) is 0. The summed E-state index contributed by atoms with van der Waals surface area (Å²) in [6, 6.07) is 0. The molecule has 0 radical (unpaired) electrons. The summed E-state index contributed by atoms with van der Waals surface area (Å²) in [6.07, 6.45) is 16.9. The van der Waals surface area contributed by atoms with E-state index in [1.165, 1.54) is 12.8 Å². The monoisotopic (exact) mass is 228 g/mol. The van der Waals surface area contributed by atoms with Crippen LogP contribution in [0.5, 0.6) is 0 Å². The molecule has 92 valence electrons. The van der Waals surface area contributed by atoms with Crippen LogP contribution in [-0.2, 0) is 0 Å². The minimum atomic E-state index is 0.673. The van der Waals surface area contributed by atoms with Gasteiger partial charge in [0.1, 0.15) is 0 Å². The molecule has 0 spiro atoms. The lowest BCUT2D eigenvalue weighted by Crippen LogP contribution is -2.47. The summed E-state index contributed by atoms with van der Waals surface area (Å²) in [5.74, 6) is 3.28. The lowest BCUT2D eigenvalue weighted by Gasteiger charge is -2.58. The highest BCUT2D eigenvalue weighted by Gasteiger charge is 2.52. The van der Waals surface area contributed by atoms with Gasteiger partial charge in [0.05, 0.1) is 0 Å². The van der Waals surface area contributed by atoms with Crippen molar-refractivity contribution in [2.45, 2.75) is 58.3 Å². The van der Waals surface area contributed by atoms with Crippen molar-refractivity contribution in [1.29, 1.82) is 0 Å². The number of allylic oxidation sites excluding steroid dienone is 4. The van der Waals surface area contributed by atoms with Crippen LogP contribution in [-0.4, -0.2) is 0 Å². The standard InChI is InChI=1S/C17H24/c1-12-2-4-16(5-3-12)17-9-13-6-14(10-17)8-15(7-13)11-17/h2,4,13-15H,3,5-11H2,1H3. The summed E-state index contributed by atoms with van der Waals surface area (Å²) < 4.78 is 0. The van der Waals surface area contributed by atoms with Gasteiger partial charge in [0.25, 0.3) is 0 Å². The highest BCUT2D eigenvalue weighted by Crippen LogP contribution is 2.63. The maximum atomic E-state index is 2.51. The molecule has 4 bridgehead atoms. The minimum absolute atomic E-state index is 0.673. The Balaban J connectivity index is 1.68. The fourth-order valence-electron chi connectivity index (χ4n) is 5.69. The zero-order valence-electron chi connectivity index (χ0n) is 11.0. The van der Waals surface area contributed by atoms with E-state index in [0.717, 1.165) is 17.8 Å². The van der Waals surface area contributed by atoms with Gasteiger partial charge in [-0.25, -0.2) is 0 Å². The van der Waals surface area contributed by atoms with Crippen LogP contribution in [0.3, 0.4) is 0 Å². The first kappa shape index (κ1) is 10.4. The van der Waals surface area contributed by atoms with Crippen molar-refractivity contribution in [3.8, 4) is 0 Å². The van der Waals surface area contributed by atoms with Crippen LogP contribution in [0.2, 0.25) is 0 Å². The first-order valence-electron chi connectivity index (χ1n) is 7.60. The zero-order valence-corrected chi connectivity index (χ0v) is 11.0. The molecule has 5 aliphatic carbocycles. The summed E-state index contributed by atoms with van der Waals surface area (Å²) in [4.78, 5) is 0. The fraction of sp³-hybridized carbons (Fsp3) is 0.765. The van der Waals surface area contributed by atoms with Gasteiger partial charge in [0, 0.05) is 0 Å². The zero-order chi connectivity index (χ0) is 11.5. The molecular weight excluding hydrogens is 204 g/mol. The van der Waals surface area contributed by atoms with E-state index in [1.807, 2.05) is 5.57 Å². The van der Waals surface area contributed by atoms with E-state index in [0.29, 0.717) is 5.41 Å². The Morgan fingerprint density at radius 1 is 0.882 bits per heavy atom.